The fraction of sp³-hybridized carbons (Fsp3) is 0.600. The minimum Gasteiger partial charge on any atom is -0.380 e. The first-order chi connectivity index (χ1) is 6.45. The van der Waals surface area contributed by atoms with E-state index in [4.69, 9.17) is 4.74 Å². The molecule has 1 saturated heterocycles. The van der Waals surface area contributed by atoms with E-state index in [2.05, 4.69) is 16.4 Å². The van der Waals surface area contributed by atoms with Crippen molar-refractivity contribution in [3.8, 4) is 0 Å². The molecule has 0 aliphatic carbocycles. The van der Waals surface area contributed by atoms with Gasteiger partial charge in [-0.15, -0.1) is 0 Å². The van der Waals surface area contributed by atoms with Gasteiger partial charge in [0.2, 0.25) is 0 Å². The standard InChI is InChI=1S/C10H16N2O/c1-3-9(11-5-1)7-12-10-4-2-6-13-8-10/h1,3,5,10-12H,2,4,6-8H2. The third-order valence-electron chi connectivity index (χ3n) is 2.40. The van der Waals surface area contributed by atoms with Crippen LogP contribution in [0.25, 0.3) is 0 Å². The second-order valence-corrected chi connectivity index (χ2v) is 3.49. The third-order valence-corrected chi connectivity index (χ3v) is 2.40. The first-order valence-corrected chi connectivity index (χ1v) is 4.88. The summed E-state index contributed by atoms with van der Waals surface area (Å²) in [6, 6.07) is 4.66. The summed E-state index contributed by atoms with van der Waals surface area (Å²) in [6.45, 7) is 2.71. The van der Waals surface area contributed by atoms with E-state index in [1.807, 2.05) is 12.3 Å². The molecule has 1 aromatic heterocycles. The average molecular weight is 180 g/mol. The number of ether oxygens (including phenoxy) is 1. The van der Waals surface area contributed by atoms with Crippen molar-refractivity contribution in [2.75, 3.05) is 13.2 Å². The number of hydrogen-bond acceptors (Lipinski definition) is 2. The zero-order valence-electron chi connectivity index (χ0n) is 7.75. The van der Waals surface area contributed by atoms with E-state index in [-0.39, 0.29) is 0 Å². The molecule has 13 heavy (non-hydrogen) atoms. The number of aromatic nitrogens is 1. The van der Waals surface area contributed by atoms with E-state index < -0.39 is 0 Å². The van der Waals surface area contributed by atoms with Gasteiger partial charge in [0.1, 0.15) is 0 Å². The SMILES string of the molecule is c1c[nH]c(CNC2CCCOC2)c1. The van der Waals surface area contributed by atoms with Crippen LogP contribution in [0.5, 0.6) is 0 Å². The highest BCUT2D eigenvalue weighted by Crippen LogP contribution is 2.06. The summed E-state index contributed by atoms with van der Waals surface area (Å²) in [5, 5.41) is 3.47. The lowest BCUT2D eigenvalue weighted by molar-refractivity contribution is 0.0698. The van der Waals surface area contributed by atoms with Crippen molar-refractivity contribution in [1.82, 2.24) is 10.3 Å². The minimum atomic E-state index is 0.539. The van der Waals surface area contributed by atoms with Gasteiger partial charge in [0.05, 0.1) is 6.61 Å². The van der Waals surface area contributed by atoms with Crippen molar-refractivity contribution in [3.63, 3.8) is 0 Å². The Labute approximate surface area is 78.5 Å². The summed E-state index contributed by atoms with van der Waals surface area (Å²) in [6.07, 6.45) is 4.37. The highest BCUT2D eigenvalue weighted by molar-refractivity contribution is 5.03. The minimum absolute atomic E-state index is 0.539. The molecule has 1 atom stereocenters. The molecule has 72 valence electrons. The third kappa shape index (κ3) is 2.57. The Bertz CT molecular complexity index is 227. The summed E-state index contributed by atoms with van der Waals surface area (Å²) in [5.74, 6) is 0. The van der Waals surface area contributed by atoms with E-state index in [1.54, 1.807) is 0 Å². The summed E-state index contributed by atoms with van der Waals surface area (Å²) >= 11 is 0. The molecule has 2 rings (SSSR count). The molecule has 1 aliphatic heterocycles. The van der Waals surface area contributed by atoms with Crippen molar-refractivity contribution < 1.29 is 4.74 Å². The Kier molecular flexibility index (Phi) is 3.00. The maximum absolute atomic E-state index is 5.38. The molecule has 0 saturated carbocycles. The Balaban J connectivity index is 1.72. The number of rotatable bonds is 3. The summed E-state index contributed by atoms with van der Waals surface area (Å²) < 4.78 is 5.38. The predicted octanol–water partition coefficient (Wildman–Crippen LogP) is 1.28. The van der Waals surface area contributed by atoms with Gasteiger partial charge in [-0.05, 0) is 25.0 Å². The lowest BCUT2D eigenvalue weighted by Gasteiger charge is -2.22. The van der Waals surface area contributed by atoms with Gasteiger partial charge in [-0.25, -0.2) is 0 Å². The van der Waals surface area contributed by atoms with Crippen LogP contribution in [0.15, 0.2) is 18.3 Å². The molecule has 1 aromatic rings. The van der Waals surface area contributed by atoms with E-state index in [0.717, 1.165) is 19.8 Å². The zero-order chi connectivity index (χ0) is 8.93. The first kappa shape index (κ1) is 8.78. The number of H-pyrrole nitrogens is 1. The van der Waals surface area contributed by atoms with Crippen LogP contribution in [0.4, 0.5) is 0 Å². The molecule has 0 radical (unpaired) electrons. The molecule has 0 aromatic carbocycles. The van der Waals surface area contributed by atoms with Crippen LogP contribution in [-0.4, -0.2) is 24.2 Å². The summed E-state index contributed by atoms with van der Waals surface area (Å²) in [5.41, 5.74) is 1.24. The Morgan fingerprint density at radius 1 is 1.62 bits per heavy atom. The quantitative estimate of drug-likeness (QED) is 0.735. The largest absolute Gasteiger partial charge is 0.380 e. The average Bonchev–Trinajstić information content (AvgIpc) is 2.69. The van der Waals surface area contributed by atoms with Crippen molar-refractivity contribution >= 4 is 0 Å². The smallest absolute Gasteiger partial charge is 0.0619 e. The van der Waals surface area contributed by atoms with Crippen LogP contribution < -0.4 is 5.32 Å². The molecular formula is C10H16N2O. The van der Waals surface area contributed by atoms with Gasteiger partial charge >= 0.3 is 0 Å². The maximum atomic E-state index is 5.38. The van der Waals surface area contributed by atoms with E-state index in [0.29, 0.717) is 6.04 Å². The molecule has 2 N–H and O–H groups in total. The molecule has 3 nitrogen and oxygen atoms in total. The zero-order valence-corrected chi connectivity index (χ0v) is 7.75. The van der Waals surface area contributed by atoms with Gasteiger partial charge in [0, 0.05) is 31.1 Å². The van der Waals surface area contributed by atoms with Crippen LogP contribution in [0.3, 0.4) is 0 Å². The van der Waals surface area contributed by atoms with Crippen LogP contribution in [0, 0.1) is 0 Å². The topological polar surface area (TPSA) is 37.0 Å². The van der Waals surface area contributed by atoms with Gasteiger partial charge in [-0.1, -0.05) is 0 Å². The monoisotopic (exact) mass is 180 g/mol. The lowest BCUT2D eigenvalue weighted by atomic mass is 10.1. The molecular weight excluding hydrogens is 164 g/mol. The Morgan fingerprint density at radius 2 is 2.62 bits per heavy atom. The Hall–Kier alpha value is -0.800. The van der Waals surface area contributed by atoms with E-state index in [1.165, 1.54) is 18.5 Å². The van der Waals surface area contributed by atoms with Gasteiger partial charge in [0.15, 0.2) is 0 Å². The second kappa shape index (κ2) is 4.44. The number of hydrogen-bond donors (Lipinski definition) is 2. The highest BCUT2D eigenvalue weighted by Gasteiger charge is 2.12. The fourth-order valence-electron chi connectivity index (χ4n) is 1.63. The summed E-state index contributed by atoms with van der Waals surface area (Å²) in [4.78, 5) is 3.17. The molecule has 1 unspecified atom stereocenters. The molecule has 2 heterocycles. The highest BCUT2D eigenvalue weighted by atomic mass is 16.5. The molecule has 1 aliphatic rings. The molecule has 0 amide bonds. The fourth-order valence-corrected chi connectivity index (χ4v) is 1.63. The van der Waals surface area contributed by atoms with Crippen molar-refractivity contribution in [1.29, 1.82) is 0 Å². The van der Waals surface area contributed by atoms with E-state index in [9.17, 15) is 0 Å². The lowest BCUT2D eigenvalue weighted by Crippen LogP contribution is -2.36. The molecule has 3 heteroatoms. The van der Waals surface area contributed by atoms with Gasteiger partial charge in [-0.2, -0.15) is 0 Å². The van der Waals surface area contributed by atoms with Crippen LogP contribution in [-0.2, 0) is 11.3 Å². The number of nitrogens with one attached hydrogen (secondary N) is 2. The molecule has 1 fully saturated rings. The van der Waals surface area contributed by atoms with Gasteiger partial charge < -0.3 is 15.0 Å². The van der Waals surface area contributed by atoms with Crippen molar-refractivity contribution in [2.24, 2.45) is 0 Å². The van der Waals surface area contributed by atoms with Crippen molar-refractivity contribution in [2.45, 2.75) is 25.4 Å². The summed E-state index contributed by atoms with van der Waals surface area (Å²) in [7, 11) is 0. The Morgan fingerprint density at radius 3 is 3.31 bits per heavy atom. The molecule has 0 bridgehead atoms. The molecule has 0 spiro atoms. The normalized spacial score (nSPS) is 23.2. The second-order valence-electron chi connectivity index (χ2n) is 3.49. The van der Waals surface area contributed by atoms with Crippen LogP contribution in [0.2, 0.25) is 0 Å². The van der Waals surface area contributed by atoms with Crippen LogP contribution in [0.1, 0.15) is 18.5 Å². The van der Waals surface area contributed by atoms with Crippen LogP contribution >= 0.6 is 0 Å². The predicted molar refractivity (Wildman–Crippen MR) is 51.5 cm³/mol. The van der Waals surface area contributed by atoms with Crippen molar-refractivity contribution in [3.05, 3.63) is 24.0 Å². The van der Waals surface area contributed by atoms with E-state index >= 15 is 0 Å². The number of aromatic amines is 1. The van der Waals surface area contributed by atoms with Gasteiger partial charge in [-0.3, -0.25) is 0 Å². The van der Waals surface area contributed by atoms with Gasteiger partial charge in [0.25, 0.3) is 0 Å². The first-order valence-electron chi connectivity index (χ1n) is 4.88. The maximum Gasteiger partial charge on any atom is 0.0619 e.